The Morgan fingerprint density at radius 1 is 1.33 bits per heavy atom. The summed E-state index contributed by atoms with van der Waals surface area (Å²) in [5.41, 5.74) is 1.43. The van der Waals surface area contributed by atoms with Crippen molar-refractivity contribution >= 4 is 18.0 Å². The fourth-order valence-corrected chi connectivity index (χ4v) is 1.96. The van der Waals surface area contributed by atoms with Gasteiger partial charge in [0, 0.05) is 12.1 Å². The Balaban J connectivity index is 1.85. The quantitative estimate of drug-likeness (QED) is 0.841. The number of amides is 1. The zero-order valence-electron chi connectivity index (χ0n) is 12.2. The molecule has 0 saturated carbocycles. The minimum Gasteiger partial charge on any atom is -0.488 e. The van der Waals surface area contributed by atoms with Crippen LogP contribution in [0.25, 0.3) is 6.08 Å². The lowest BCUT2D eigenvalue weighted by molar-refractivity contribution is -0.147. The fraction of sp³-hybridized carbons (Fsp3) is 0.375. The van der Waals surface area contributed by atoms with E-state index in [0.717, 1.165) is 11.3 Å². The average molecular weight is 289 g/mol. The Labute approximate surface area is 123 Å². The molecular weight excluding hydrogens is 270 g/mol. The molecule has 1 aliphatic rings. The molecule has 5 nitrogen and oxygen atoms in total. The third kappa shape index (κ3) is 4.34. The number of rotatable bonds is 5. The average Bonchev–Trinajstić information content (AvgIpc) is 2.45. The first-order chi connectivity index (χ1) is 10.1. The number of carbonyl (C=O) groups excluding carboxylic acids is 2. The van der Waals surface area contributed by atoms with E-state index >= 15 is 0 Å². The van der Waals surface area contributed by atoms with Crippen molar-refractivity contribution in [1.29, 1.82) is 0 Å². The van der Waals surface area contributed by atoms with E-state index in [9.17, 15) is 9.59 Å². The molecule has 0 aliphatic carbocycles. The number of para-hydroxylation sites is 1. The maximum atomic E-state index is 12.0. The van der Waals surface area contributed by atoms with Crippen LogP contribution in [0, 0.1) is 0 Å². The van der Waals surface area contributed by atoms with Crippen molar-refractivity contribution < 1.29 is 19.1 Å². The normalized spacial score (nSPS) is 13.0. The van der Waals surface area contributed by atoms with Crippen LogP contribution in [0.1, 0.15) is 25.8 Å². The first-order valence-electron chi connectivity index (χ1n) is 6.96. The molecule has 112 valence electrons. The predicted molar refractivity (Wildman–Crippen MR) is 78.8 cm³/mol. The van der Waals surface area contributed by atoms with E-state index in [2.05, 4.69) is 5.32 Å². The Bertz CT molecular complexity index is 563. The highest BCUT2D eigenvalue weighted by Crippen LogP contribution is 2.25. The van der Waals surface area contributed by atoms with Crippen molar-refractivity contribution in [3.8, 4) is 5.75 Å². The van der Waals surface area contributed by atoms with Gasteiger partial charge in [-0.1, -0.05) is 18.2 Å². The summed E-state index contributed by atoms with van der Waals surface area (Å²) < 4.78 is 10.5. The van der Waals surface area contributed by atoms with Crippen LogP contribution in [-0.4, -0.2) is 31.1 Å². The summed E-state index contributed by atoms with van der Waals surface area (Å²) in [5, 5.41) is 2.70. The Morgan fingerprint density at radius 2 is 2.10 bits per heavy atom. The zero-order valence-corrected chi connectivity index (χ0v) is 12.2. The summed E-state index contributed by atoms with van der Waals surface area (Å²) in [7, 11) is 0. The van der Waals surface area contributed by atoms with Gasteiger partial charge in [-0.2, -0.15) is 0 Å². The zero-order chi connectivity index (χ0) is 15.2. The minimum atomic E-state index is -0.315. The topological polar surface area (TPSA) is 64.6 Å². The smallest absolute Gasteiger partial charge is 0.307 e. The first kappa shape index (κ1) is 15.1. The molecule has 1 aromatic carbocycles. The molecule has 1 aliphatic heterocycles. The van der Waals surface area contributed by atoms with Crippen LogP contribution in [0.15, 0.2) is 29.8 Å². The molecule has 5 heteroatoms. The first-order valence-corrected chi connectivity index (χ1v) is 6.96. The third-order valence-corrected chi connectivity index (χ3v) is 2.91. The van der Waals surface area contributed by atoms with E-state index in [-0.39, 0.29) is 37.6 Å². The van der Waals surface area contributed by atoms with Crippen molar-refractivity contribution in [2.75, 3.05) is 13.2 Å². The van der Waals surface area contributed by atoms with Crippen LogP contribution < -0.4 is 10.1 Å². The van der Waals surface area contributed by atoms with Crippen molar-refractivity contribution in [3.05, 3.63) is 35.4 Å². The number of ether oxygens (including phenoxy) is 2. The van der Waals surface area contributed by atoms with E-state index in [1.807, 2.05) is 24.3 Å². The van der Waals surface area contributed by atoms with E-state index in [0.29, 0.717) is 5.57 Å². The van der Waals surface area contributed by atoms with E-state index in [1.54, 1.807) is 19.9 Å². The van der Waals surface area contributed by atoms with Gasteiger partial charge in [0.1, 0.15) is 12.4 Å². The van der Waals surface area contributed by atoms with Crippen LogP contribution in [0.3, 0.4) is 0 Å². The second kappa shape index (κ2) is 6.92. The van der Waals surface area contributed by atoms with Crippen LogP contribution in [0.5, 0.6) is 5.75 Å². The second-order valence-electron chi connectivity index (χ2n) is 5.04. The molecule has 1 amide bonds. The van der Waals surface area contributed by atoms with Crippen molar-refractivity contribution in [2.45, 2.75) is 26.4 Å². The second-order valence-corrected chi connectivity index (χ2v) is 5.04. The number of carbonyl (C=O) groups is 2. The Hall–Kier alpha value is -2.30. The molecule has 0 spiro atoms. The van der Waals surface area contributed by atoms with E-state index in [1.165, 1.54) is 0 Å². The van der Waals surface area contributed by atoms with Gasteiger partial charge in [-0.3, -0.25) is 9.59 Å². The molecule has 2 rings (SSSR count). The number of benzene rings is 1. The third-order valence-electron chi connectivity index (χ3n) is 2.91. The lowest BCUT2D eigenvalue weighted by atomic mass is 10.1. The van der Waals surface area contributed by atoms with Crippen LogP contribution in [-0.2, 0) is 14.3 Å². The fourth-order valence-electron chi connectivity index (χ4n) is 1.96. The minimum absolute atomic E-state index is 0.140. The van der Waals surface area contributed by atoms with Crippen molar-refractivity contribution in [2.24, 2.45) is 0 Å². The predicted octanol–water partition coefficient (Wildman–Crippen LogP) is 1.92. The molecule has 0 atom stereocenters. The van der Waals surface area contributed by atoms with Gasteiger partial charge in [-0.25, -0.2) is 0 Å². The molecule has 0 saturated heterocycles. The SMILES string of the molecule is CC(C)OC(=O)CCNC(=O)C1=Cc2ccccc2OC1. The Kier molecular flexibility index (Phi) is 4.98. The molecule has 1 heterocycles. The van der Waals surface area contributed by atoms with E-state index < -0.39 is 0 Å². The summed E-state index contributed by atoms with van der Waals surface area (Å²) in [6.45, 7) is 4.07. The summed E-state index contributed by atoms with van der Waals surface area (Å²) in [6.07, 6.45) is 1.83. The summed E-state index contributed by atoms with van der Waals surface area (Å²) >= 11 is 0. The molecule has 21 heavy (non-hydrogen) atoms. The lowest BCUT2D eigenvalue weighted by Crippen LogP contribution is -2.30. The van der Waals surface area contributed by atoms with Gasteiger partial charge in [0.2, 0.25) is 0 Å². The van der Waals surface area contributed by atoms with Crippen LogP contribution in [0.2, 0.25) is 0 Å². The maximum Gasteiger partial charge on any atom is 0.307 e. The van der Waals surface area contributed by atoms with Gasteiger partial charge in [0.05, 0.1) is 18.1 Å². The standard InChI is InChI=1S/C16H19NO4/c1-11(2)21-15(18)7-8-17-16(19)13-9-12-5-3-4-6-14(12)20-10-13/h3-6,9,11H,7-8,10H2,1-2H3,(H,17,19). The highest BCUT2D eigenvalue weighted by molar-refractivity contribution is 5.99. The molecule has 0 fully saturated rings. The maximum absolute atomic E-state index is 12.0. The number of esters is 1. The highest BCUT2D eigenvalue weighted by Gasteiger charge is 2.17. The Morgan fingerprint density at radius 3 is 2.86 bits per heavy atom. The van der Waals surface area contributed by atoms with Crippen molar-refractivity contribution in [1.82, 2.24) is 5.32 Å². The van der Waals surface area contributed by atoms with Gasteiger partial charge in [0.15, 0.2) is 0 Å². The monoisotopic (exact) mass is 289 g/mol. The summed E-state index contributed by atoms with van der Waals surface area (Å²) in [6, 6.07) is 7.53. The van der Waals surface area contributed by atoms with Gasteiger partial charge < -0.3 is 14.8 Å². The molecule has 0 bridgehead atoms. The number of fused-ring (bicyclic) bond motifs is 1. The summed E-state index contributed by atoms with van der Waals surface area (Å²) in [4.78, 5) is 23.4. The van der Waals surface area contributed by atoms with Crippen LogP contribution >= 0.6 is 0 Å². The molecular formula is C16H19NO4. The van der Waals surface area contributed by atoms with Crippen LogP contribution in [0.4, 0.5) is 0 Å². The molecule has 1 aromatic rings. The van der Waals surface area contributed by atoms with Gasteiger partial charge in [-0.15, -0.1) is 0 Å². The van der Waals surface area contributed by atoms with E-state index in [4.69, 9.17) is 9.47 Å². The van der Waals surface area contributed by atoms with Gasteiger partial charge in [-0.05, 0) is 26.0 Å². The number of hydrogen-bond acceptors (Lipinski definition) is 4. The van der Waals surface area contributed by atoms with Gasteiger partial charge >= 0.3 is 5.97 Å². The lowest BCUT2D eigenvalue weighted by Gasteiger charge is -2.17. The van der Waals surface area contributed by atoms with Gasteiger partial charge in [0.25, 0.3) is 5.91 Å². The van der Waals surface area contributed by atoms with Crippen molar-refractivity contribution in [3.63, 3.8) is 0 Å². The molecule has 1 N–H and O–H groups in total. The molecule has 0 radical (unpaired) electrons. The number of nitrogens with one attached hydrogen (secondary N) is 1. The highest BCUT2D eigenvalue weighted by atomic mass is 16.5. The molecule has 0 unspecified atom stereocenters. The number of hydrogen-bond donors (Lipinski definition) is 1. The largest absolute Gasteiger partial charge is 0.488 e. The molecule has 0 aromatic heterocycles. The summed E-state index contributed by atoms with van der Waals surface area (Å²) in [5.74, 6) is 0.237.